The van der Waals surface area contributed by atoms with Crippen LogP contribution in [0.25, 0.3) is 11.4 Å². The number of hydrogen-bond donors (Lipinski definition) is 1. The highest BCUT2D eigenvalue weighted by molar-refractivity contribution is 5.73. The summed E-state index contributed by atoms with van der Waals surface area (Å²) < 4.78 is 0. The predicted molar refractivity (Wildman–Crippen MR) is 115 cm³/mol. The third-order valence-electron chi connectivity index (χ3n) is 6.50. The molecule has 1 amide bonds. The zero-order valence-electron chi connectivity index (χ0n) is 17.8. The van der Waals surface area contributed by atoms with E-state index in [-0.39, 0.29) is 5.91 Å². The number of imidazole rings is 1. The molecule has 0 radical (unpaired) electrons. The van der Waals surface area contributed by atoms with E-state index in [1.54, 1.807) is 13.1 Å². The lowest BCUT2D eigenvalue weighted by Crippen LogP contribution is -2.58. The summed E-state index contributed by atoms with van der Waals surface area (Å²) in [6.07, 6.45) is 8.84. The van der Waals surface area contributed by atoms with Crippen molar-refractivity contribution in [2.24, 2.45) is 0 Å². The van der Waals surface area contributed by atoms with Gasteiger partial charge >= 0.3 is 0 Å². The number of rotatable bonds is 4. The number of pyridine rings is 1. The van der Waals surface area contributed by atoms with Crippen molar-refractivity contribution in [3.63, 3.8) is 0 Å². The molecule has 0 bridgehead atoms. The molecule has 29 heavy (non-hydrogen) atoms. The molecule has 0 aliphatic carbocycles. The summed E-state index contributed by atoms with van der Waals surface area (Å²) in [4.78, 5) is 31.0. The van der Waals surface area contributed by atoms with Gasteiger partial charge in [0.2, 0.25) is 5.91 Å². The van der Waals surface area contributed by atoms with Crippen LogP contribution in [0.2, 0.25) is 0 Å². The maximum Gasteiger partial charge on any atom is 0.219 e. The summed E-state index contributed by atoms with van der Waals surface area (Å²) in [6, 6.07) is 3.29. The number of nitrogens with zero attached hydrogens (tertiary/aromatic N) is 5. The van der Waals surface area contributed by atoms with Gasteiger partial charge in [-0.2, -0.15) is 0 Å². The third-order valence-corrected chi connectivity index (χ3v) is 6.50. The highest BCUT2D eigenvalue weighted by Crippen LogP contribution is 2.28. The van der Waals surface area contributed by atoms with Crippen LogP contribution in [0.1, 0.15) is 38.7 Å². The second-order valence-electron chi connectivity index (χ2n) is 8.29. The molecule has 4 rings (SSSR count). The lowest BCUT2D eigenvalue weighted by atomic mass is 9.98. The van der Waals surface area contributed by atoms with Gasteiger partial charge in [-0.25, -0.2) is 9.97 Å². The topological polar surface area (TPSA) is 68.4 Å². The van der Waals surface area contributed by atoms with Crippen molar-refractivity contribution in [3.8, 4) is 11.4 Å². The number of aryl methyl sites for hydroxylation is 1. The van der Waals surface area contributed by atoms with Crippen molar-refractivity contribution in [1.82, 2.24) is 24.8 Å². The van der Waals surface area contributed by atoms with Gasteiger partial charge in [-0.3, -0.25) is 9.69 Å². The highest BCUT2D eigenvalue weighted by atomic mass is 16.2. The summed E-state index contributed by atoms with van der Waals surface area (Å²) in [5.74, 6) is 2.16. The molecule has 2 saturated heterocycles. The normalized spacial score (nSPS) is 21.6. The van der Waals surface area contributed by atoms with E-state index in [1.807, 2.05) is 17.3 Å². The molecule has 156 valence electrons. The van der Waals surface area contributed by atoms with Crippen LogP contribution in [0.5, 0.6) is 0 Å². The molecule has 2 aromatic heterocycles. The highest BCUT2D eigenvalue weighted by Gasteiger charge is 2.34. The lowest BCUT2D eigenvalue weighted by molar-refractivity contribution is -0.130. The van der Waals surface area contributed by atoms with E-state index in [0.29, 0.717) is 12.1 Å². The van der Waals surface area contributed by atoms with Gasteiger partial charge < -0.3 is 14.8 Å². The van der Waals surface area contributed by atoms with Gasteiger partial charge in [0.1, 0.15) is 11.6 Å². The number of piperidine rings is 1. The molecule has 2 aromatic rings. The number of carbonyl (C=O) groups is 1. The van der Waals surface area contributed by atoms with Gasteiger partial charge in [-0.05, 0) is 37.8 Å². The van der Waals surface area contributed by atoms with Crippen molar-refractivity contribution in [2.45, 2.75) is 52.1 Å². The molecule has 0 saturated carbocycles. The van der Waals surface area contributed by atoms with Gasteiger partial charge in [0.05, 0.1) is 0 Å². The number of carbonyl (C=O) groups excluding carboxylic acids is 1. The SMILES string of the molecule is CCC1CN(c2ncc(-c3ncc[nH]3)cc2C)CCN1C1CCN(C(C)=O)CC1. The zero-order valence-corrected chi connectivity index (χ0v) is 17.8. The van der Waals surface area contributed by atoms with Crippen LogP contribution in [0.3, 0.4) is 0 Å². The van der Waals surface area contributed by atoms with E-state index in [0.717, 1.165) is 69.2 Å². The van der Waals surface area contributed by atoms with Crippen LogP contribution < -0.4 is 4.90 Å². The number of amides is 1. The Balaban J connectivity index is 1.43. The van der Waals surface area contributed by atoms with Gasteiger partial charge in [0, 0.05) is 75.9 Å². The maximum atomic E-state index is 11.6. The van der Waals surface area contributed by atoms with Crippen LogP contribution in [0.4, 0.5) is 5.82 Å². The van der Waals surface area contributed by atoms with Gasteiger partial charge in [0.15, 0.2) is 0 Å². The first kappa shape index (κ1) is 19.9. The lowest BCUT2D eigenvalue weighted by Gasteiger charge is -2.47. The molecular formula is C22H32N6O. The van der Waals surface area contributed by atoms with E-state index in [2.05, 4.69) is 39.7 Å². The van der Waals surface area contributed by atoms with Crippen molar-refractivity contribution < 1.29 is 4.79 Å². The fourth-order valence-corrected chi connectivity index (χ4v) is 4.87. The number of H-pyrrole nitrogens is 1. The summed E-state index contributed by atoms with van der Waals surface area (Å²) in [5.41, 5.74) is 2.22. The van der Waals surface area contributed by atoms with Crippen LogP contribution in [-0.4, -0.2) is 75.5 Å². The predicted octanol–water partition coefficient (Wildman–Crippen LogP) is 2.69. The van der Waals surface area contributed by atoms with Crippen LogP contribution in [-0.2, 0) is 4.79 Å². The van der Waals surface area contributed by atoms with Crippen LogP contribution in [0.15, 0.2) is 24.7 Å². The second-order valence-corrected chi connectivity index (χ2v) is 8.29. The van der Waals surface area contributed by atoms with Crippen LogP contribution in [0, 0.1) is 6.92 Å². The number of piperazine rings is 1. The molecule has 2 aliphatic rings. The Labute approximate surface area is 173 Å². The van der Waals surface area contributed by atoms with Crippen molar-refractivity contribution in [3.05, 3.63) is 30.2 Å². The molecule has 0 aromatic carbocycles. The number of aromatic nitrogens is 3. The second kappa shape index (κ2) is 8.53. The number of hydrogen-bond acceptors (Lipinski definition) is 5. The molecular weight excluding hydrogens is 364 g/mol. The minimum absolute atomic E-state index is 0.208. The quantitative estimate of drug-likeness (QED) is 0.861. The zero-order chi connectivity index (χ0) is 20.4. The van der Waals surface area contributed by atoms with E-state index < -0.39 is 0 Å². The number of aromatic amines is 1. The molecule has 0 spiro atoms. The fraction of sp³-hybridized carbons (Fsp3) is 0.591. The smallest absolute Gasteiger partial charge is 0.219 e. The fourth-order valence-electron chi connectivity index (χ4n) is 4.87. The molecule has 2 aliphatic heterocycles. The largest absolute Gasteiger partial charge is 0.354 e. The monoisotopic (exact) mass is 396 g/mol. The number of anilines is 1. The molecule has 1 N–H and O–H groups in total. The third kappa shape index (κ3) is 4.15. The maximum absolute atomic E-state index is 11.6. The summed E-state index contributed by atoms with van der Waals surface area (Å²) >= 11 is 0. The Kier molecular flexibility index (Phi) is 5.85. The summed E-state index contributed by atoms with van der Waals surface area (Å²) in [5, 5.41) is 0. The first-order valence-corrected chi connectivity index (χ1v) is 10.8. The Morgan fingerprint density at radius 1 is 1.21 bits per heavy atom. The molecule has 4 heterocycles. The molecule has 7 nitrogen and oxygen atoms in total. The van der Waals surface area contributed by atoms with Gasteiger partial charge in [-0.1, -0.05) is 6.92 Å². The minimum atomic E-state index is 0.208. The Morgan fingerprint density at radius 3 is 2.62 bits per heavy atom. The number of likely N-dealkylation sites (tertiary alicyclic amines) is 1. The number of nitrogens with one attached hydrogen (secondary N) is 1. The molecule has 1 atom stereocenters. The van der Waals surface area contributed by atoms with E-state index in [4.69, 9.17) is 4.98 Å². The molecule has 7 heteroatoms. The van der Waals surface area contributed by atoms with E-state index in [9.17, 15) is 4.79 Å². The first-order valence-electron chi connectivity index (χ1n) is 10.8. The van der Waals surface area contributed by atoms with E-state index in [1.165, 1.54) is 5.56 Å². The van der Waals surface area contributed by atoms with Crippen molar-refractivity contribution in [2.75, 3.05) is 37.6 Å². The Hall–Kier alpha value is -2.41. The minimum Gasteiger partial charge on any atom is -0.354 e. The van der Waals surface area contributed by atoms with Gasteiger partial charge in [-0.15, -0.1) is 0 Å². The molecule has 1 unspecified atom stereocenters. The first-order chi connectivity index (χ1) is 14.1. The van der Waals surface area contributed by atoms with Crippen molar-refractivity contribution >= 4 is 11.7 Å². The Morgan fingerprint density at radius 2 is 2.00 bits per heavy atom. The van der Waals surface area contributed by atoms with E-state index >= 15 is 0 Å². The summed E-state index contributed by atoms with van der Waals surface area (Å²) in [6.45, 7) is 11.0. The molecule has 2 fully saturated rings. The Bertz CT molecular complexity index is 828. The van der Waals surface area contributed by atoms with Crippen LogP contribution >= 0.6 is 0 Å². The summed E-state index contributed by atoms with van der Waals surface area (Å²) in [7, 11) is 0. The standard InChI is InChI=1S/C22H32N6O/c1-4-19-15-27(11-12-28(19)20-5-9-26(10-6-20)17(3)29)22-16(2)13-18(14-25-22)21-23-7-8-24-21/h7-8,13-14,19-20H,4-6,9-12,15H2,1-3H3,(H,23,24). The van der Waals surface area contributed by atoms with Crippen molar-refractivity contribution in [1.29, 1.82) is 0 Å². The average Bonchev–Trinajstić information content (AvgIpc) is 3.28. The van der Waals surface area contributed by atoms with Gasteiger partial charge in [0.25, 0.3) is 0 Å². The average molecular weight is 397 g/mol.